The third-order valence-corrected chi connectivity index (χ3v) is 1.24. The van der Waals surface area contributed by atoms with Gasteiger partial charge < -0.3 is 10.2 Å². The van der Waals surface area contributed by atoms with E-state index in [0.29, 0.717) is 0 Å². The number of rotatable bonds is 2. The Balaban J connectivity index is 0. The minimum atomic E-state index is -1.34. The number of pyridine rings is 1. The molecule has 2 N–H and O–H groups in total. The van der Waals surface area contributed by atoms with Gasteiger partial charge in [0.15, 0.2) is 5.69 Å². The van der Waals surface area contributed by atoms with Crippen LogP contribution in [0.3, 0.4) is 0 Å². The summed E-state index contributed by atoms with van der Waals surface area (Å²) in [6, 6.07) is 2.56. The van der Waals surface area contributed by atoms with E-state index in [-0.39, 0.29) is 30.4 Å². The topological polar surface area (TPSA) is 87.5 Å². The average molecular weight is 240 g/mol. The summed E-state index contributed by atoms with van der Waals surface area (Å²) in [5, 5.41) is 17.0. The summed E-state index contributed by atoms with van der Waals surface area (Å²) in [7, 11) is 0. The van der Waals surface area contributed by atoms with E-state index in [0.717, 1.165) is 0 Å². The van der Waals surface area contributed by atoms with Gasteiger partial charge in [-0.25, -0.2) is 14.6 Å². The zero-order valence-electron chi connectivity index (χ0n) is 6.71. The van der Waals surface area contributed by atoms with Crippen LogP contribution in [0.25, 0.3) is 0 Å². The number of hydrogen-bond acceptors (Lipinski definition) is 3. The van der Waals surface area contributed by atoms with E-state index in [2.05, 4.69) is 4.98 Å². The Morgan fingerprint density at radius 2 is 1.71 bits per heavy atom. The predicted molar refractivity (Wildman–Crippen MR) is 52.7 cm³/mol. The molecule has 5 nitrogen and oxygen atoms in total. The zero-order chi connectivity index (χ0) is 9.14. The molecule has 0 aliphatic heterocycles. The summed E-state index contributed by atoms with van der Waals surface area (Å²) in [6.07, 6.45) is 1.23. The van der Waals surface area contributed by atoms with Crippen molar-refractivity contribution in [2.75, 3.05) is 0 Å². The van der Waals surface area contributed by atoms with Gasteiger partial charge in [0.25, 0.3) is 0 Å². The second kappa shape index (κ2) is 6.17. The summed E-state index contributed by atoms with van der Waals surface area (Å²) in [5.41, 5.74) is -0.741. The van der Waals surface area contributed by atoms with E-state index in [1.165, 1.54) is 18.3 Å². The van der Waals surface area contributed by atoms with Crippen molar-refractivity contribution in [1.29, 1.82) is 0 Å². The molecule has 78 valence electrons. The molecule has 0 spiro atoms. The van der Waals surface area contributed by atoms with Crippen molar-refractivity contribution in [3.05, 3.63) is 29.6 Å². The summed E-state index contributed by atoms with van der Waals surface area (Å²) in [5.74, 6) is -2.63. The lowest BCUT2D eigenvalue weighted by Crippen LogP contribution is -2.09. The Morgan fingerprint density at radius 1 is 1.14 bits per heavy atom. The van der Waals surface area contributed by atoms with Gasteiger partial charge in [-0.2, -0.15) is 0 Å². The summed E-state index contributed by atoms with van der Waals surface area (Å²) in [4.78, 5) is 24.2. The molecular weight excluding hydrogens is 233 g/mol. The molecule has 0 aliphatic rings. The number of carboxylic acids is 2. The summed E-state index contributed by atoms with van der Waals surface area (Å²) < 4.78 is 0. The van der Waals surface area contributed by atoms with Crippen molar-refractivity contribution in [3.8, 4) is 0 Å². The number of aromatic carboxylic acids is 2. The third-order valence-electron chi connectivity index (χ3n) is 1.24. The second-order valence-electron chi connectivity index (χ2n) is 2.01. The van der Waals surface area contributed by atoms with Gasteiger partial charge in [-0.1, -0.05) is 0 Å². The number of carboxylic acid groups (broad SMARTS) is 2. The Labute approximate surface area is 91.6 Å². The number of nitrogens with zero attached hydrogens (tertiary/aromatic N) is 1. The van der Waals surface area contributed by atoms with Gasteiger partial charge in [0.2, 0.25) is 0 Å². The van der Waals surface area contributed by atoms with Crippen LogP contribution in [0.4, 0.5) is 0 Å². The minimum absolute atomic E-state index is 0. The average Bonchev–Trinajstić information content (AvgIpc) is 2.04. The number of aromatic nitrogens is 1. The van der Waals surface area contributed by atoms with Crippen molar-refractivity contribution in [2.24, 2.45) is 0 Å². The maximum Gasteiger partial charge on any atom is 0.355 e. The van der Waals surface area contributed by atoms with Crippen LogP contribution in [-0.2, 0) is 0 Å². The van der Waals surface area contributed by atoms with Gasteiger partial charge in [0.05, 0.1) is 5.56 Å². The van der Waals surface area contributed by atoms with Crippen LogP contribution < -0.4 is 0 Å². The Bertz CT molecular complexity index is 309. The van der Waals surface area contributed by atoms with Crippen LogP contribution >= 0.6 is 24.8 Å². The molecule has 0 saturated heterocycles. The molecule has 7 heteroatoms. The van der Waals surface area contributed by atoms with Gasteiger partial charge in [0.1, 0.15) is 0 Å². The van der Waals surface area contributed by atoms with E-state index >= 15 is 0 Å². The first-order valence-corrected chi connectivity index (χ1v) is 3.04. The van der Waals surface area contributed by atoms with E-state index in [1.54, 1.807) is 0 Å². The molecule has 0 fully saturated rings. The third kappa shape index (κ3) is 3.20. The van der Waals surface area contributed by atoms with Crippen molar-refractivity contribution < 1.29 is 19.8 Å². The van der Waals surface area contributed by atoms with Gasteiger partial charge in [-0.3, -0.25) is 0 Å². The molecule has 0 unspecified atom stereocenters. The van der Waals surface area contributed by atoms with Crippen molar-refractivity contribution in [3.63, 3.8) is 0 Å². The first-order valence-electron chi connectivity index (χ1n) is 3.04. The molecule has 0 aromatic carbocycles. The monoisotopic (exact) mass is 239 g/mol. The molecule has 1 heterocycles. The molecule has 0 atom stereocenters. The highest BCUT2D eigenvalue weighted by Gasteiger charge is 2.15. The molecule has 14 heavy (non-hydrogen) atoms. The largest absolute Gasteiger partial charge is 0.478 e. The molecule has 1 aromatic heterocycles. The smallest absolute Gasteiger partial charge is 0.355 e. The van der Waals surface area contributed by atoms with Crippen LogP contribution in [0.15, 0.2) is 18.3 Å². The first kappa shape index (κ1) is 15.2. The Kier molecular flexibility index (Phi) is 6.68. The van der Waals surface area contributed by atoms with Crippen molar-refractivity contribution >= 4 is 36.8 Å². The molecule has 1 rings (SSSR count). The lowest BCUT2D eigenvalue weighted by atomic mass is 10.2. The lowest BCUT2D eigenvalue weighted by molar-refractivity contribution is 0.0646. The maximum atomic E-state index is 10.4. The zero-order valence-corrected chi connectivity index (χ0v) is 8.34. The molecule has 0 saturated carbocycles. The molecular formula is C7H7Cl2NO4. The Hall–Kier alpha value is -1.33. The van der Waals surface area contributed by atoms with E-state index in [1.807, 2.05) is 0 Å². The Morgan fingerprint density at radius 3 is 2.07 bits per heavy atom. The van der Waals surface area contributed by atoms with Gasteiger partial charge in [-0.15, -0.1) is 24.8 Å². The fraction of sp³-hybridized carbons (Fsp3) is 0. The van der Waals surface area contributed by atoms with Gasteiger partial charge in [-0.05, 0) is 12.1 Å². The molecule has 0 radical (unpaired) electrons. The van der Waals surface area contributed by atoms with Gasteiger partial charge >= 0.3 is 11.9 Å². The summed E-state index contributed by atoms with van der Waals surface area (Å²) >= 11 is 0. The highest BCUT2D eigenvalue weighted by molar-refractivity contribution is 6.00. The van der Waals surface area contributed by atoms with Gasteiger partial charge in [0, 0.05) is 6.20 Å². The van der Waals surface area contributed by atoms with E-state index < -0.39 is 17.6 Å². The maximum absolute atomic E-state index is 10.4. The van der Waals surface area contributed by atoms with Crippen LogP contribution in [0.1, 0.15) is 20.8 Å². The molecule has 1 aromatic rings. The minimum Gasteiger partial charge on any atom is -0.478 e. The lowest BCUT2D eigenvalue weighted by Gasteiger charge is -1.97. The fourth-order valence-electron chi connectivity index (χ4n) is 0.748. The molecule has 0 amide bonds. The number of hydrogen-bond donors (Lipinski definition) is 2. The SMILES string of the molecule is Cl.Cl.O=C(O)c1cccnc1C(=O)O. The predicted octanol–water partition coefficient (Wildman–Crippen LogP) is 1.32. The highest BCUT2D eigenvalue weighted by Crippen LogP contribution is 2.04. The fourth-order valence-corrected chi connectivity index (χ4v) is 0.748. The standard InChI is InChI=1S/C7H5NO4.2ClH/c9-6(10)4-2-1-3-8-5(4)7(11)12;;/h1-3H,(H,9,10)(H,11,12);2*1H. The van der Waals surface area contributed by atoms with E-state index in [9.17, 15) is 9.59 Å². The number of carbonyl (C=O) groups is 2. The highest BCUT2D eigenvalue weighted by atomic mass is 35.5. The van der Waals surface area contributed by atoms with Crippen LogP contribution in [-0.4, -0.2) is 27.1 Å². The quantitative estimate of drug-likeness (QED) is 0.813. The summed E-state index contributed by atoms with van der Waals surface area (Å²) in [6.45, 7) is 0. The first-order chi connectivity index (χ1) is 5.63. The van der Waals surface area contributed by atoms with Crippen molar-refractivity contribution in [2.45, 2.75) is 0 Å². The van der Waals surface area contributed by atoms with Crippen LogP contribution in [0.2, 0.25) is 0 Å². The van der Waals surface area contributed by atoms with Crippen molar-refractivity contribution in [1.82, 2.24) is 4.98 Å². The van der Waals surface area contributed by atoms with E-state index in [4.69, 9.17) is 10.2 Å². The molecule has 0 bridgehead atoms. The second-order valence-corrected chi connectivity index (χ2v) is 2.01. The normalized spacial score (nSPS) is 8.00. The van der Waals surface area contributed by atoms with Crippen LogP contribution in [0.5, 0.6) is 0 Å². The van der Waals surface area contributed by atoms with Crippen LogP contribution in [0, 0.1) is 0 Å². The molecule has 0 aliphatic carbocycles. The number of halogens is 2.